The van der Waals surface area contributed by atoms with Crippen molar-refractivity contribution >= 4 is 33.8 Å². The quantitative estimate of drug-likeness (QED) is 0.445. The summed E-state index contributed by atoms with van der Waals surface area (Å²) in [5.74, 6) is 1.41. The summed E-state index contributed by atoms with van der Waals surface area (Å²) in [6, 6.07) is 3.66. The number of benzene rings is 1. The molecular formula is C25H26N4O4. The summed E-state index contributed by atoms with van der Waals surface area (Å²) in [5.41, 5.74) is 3.94. The third kappa shape index (κ3) is 3.55. The second-order valence-electron chi connectivity index (χ2n) is 8.64. The number of hydrogen-bond donors (Lipinski definition) is 0. The van der Waals surface area contributed by atoms with Gasteiger partial charge in [-0.05, 0) is 56.5 Å². The van der Waals surface area contributed by atoms with Gasteiger partial charge in [-0.25, -0.2) is 14.8 Å². The number of amides is 1. The van der Waals surface area contributed by atoms with Crippen LogP contribution in [0.5, 0.6) is 0 Å². The first-order valence-corrected chi connectivity index (χ1v) is 11.1. The first-order chi connectivity index (χ1) is 15.8. The molecule has 1 saturated heterocycles. The Bertz CT molecular complexity index is 1430. The zero-order valence-corrected chi connectivity index (χ0v) is 19.3. The average Bonchev–Trinajstić information content (AvgIpc) is 3.11. The summed E-state index contributed by atoms with van der Waals surface area (Å²) in [6.45, 7) is 10.2. The molecule has 3 aromatic heterocycles. The Balaban J connectivity index is 1.44. The van der Waals surface area contributed by atoms with Gasteiger partial charge in [-0.15, -0.1) is 0 Å². The maximum atomic E-state index is 13.1. The number of anilines is 1. The number of aryl methyl sites for hydroxylation is 4. The fourth-order valence-electron chi connectivity index (χ4n) is 4.71. The standard InChI is InChI=1S/C25H26N4O4/c1-14-12-19-22(23-21(14)15(2)17(4)32-23)16(3)18(24(31)33-19)13-20(30)28-8-10-29(11-9-28)25-26-6-5-7-27-25/h5-7,12H,8-11,13H2,1-4H3. The van der Waals surface area contributed by atoms with E-state index < -0.39 is 5.63 Å². The molecule has 1 aliphatic rings. The summed E-state index contributed by atoms with van der Waals surface area (Å²) in [7, 11) is 0. The Morgan fingerprint density at radius 1 is 0.970 bits per heavy atom. The minimum Gasteiger partial charge on any atom is -0.460 e. The van der Waals surface area contributed by atoms with Crippen LogP contribution in [0.2, 0.25) is 0 Å². The van der Waals surface area contributed by atoms with Crippen LogP contribution in [0, 0.1) is 27.7 Å². The van der Waals surface area contributed by atoms with Crippen molar-refractivity contribution in [2.24, 2.45) is 0 Å². The normalized spacial score (nSPS) is 14.4. The molecule has 1 fully saturated rings. The van der Waals surface area contributed by atoms with Crippen molar-refractivity contribution < 1.29 is 13.6 Å². The second kappa shape index (κ2) is 8.03. The van der Waals surface area contributed by atoms with Crippen molar-refractivity contribution in [1.29, 1.82) is 0 Å². The maximum absolute atomic E-state index is 13.1. The lowest BCUT2D eigenvalue weighted by atomic mass is 9.98. The smallest absolute Gasteiger partial charge is 0.340 e. The minimum atomic E-state index is -0.469. The van der Waals surface area contributed by atoms with Gasteiger partial charge in [0.25, 0.3) is 0 Å². The van der Waals surface area contributed by atoms with Crippen molar-refractivity contribution in [2.45, 2.75) is 34.1 Å². The molecule has 8 heteroatoms. The van der Waals surface area contributed by atoms with Crippen LogP contribution >= 0.6 is 0 Å². The lowest BCUT2D eigenvalue weighted by Crippen LogP contribution is -2.49. The molecule has 0 spiro atoms. The van der Waals surface area contributed by atoms with Gasteiger partial charge < -0.3 is 18.6 Å². The number of nitrogens with zero attached hydrogens (tertiary/aromatic N) is 4. The summed E-state index contributed by atoms with van der Waals surface area (Å²) in [4.78, 5) is 38.3. The van der Waals surface area contributed by atoms with Crippen molar-refractivity contribution in [3.05, 3.63) is 63.0 Å². The number of aromatic nitrogens is 2. The fraction of sp³-hybridized carbons (Fsp3) is 0.360. The predicted octanol–water partition coefficient (Wildman–Crippen LogP) is 3.45. The monoisotopic (exact) mass is 446 g/mol. The molecule has 0 atom stereocenters. The maximum Gasteiger partial charge on any atom is 0.340 e. The van der Waals surface area contributed by atoms with Gasteiger partial charge in [0.1, 0.15) is 16.9 Å². The Morgan fingerprint density at radius 2 is 1.67 bits per heavy atom. The molecule has 0 N–H and O–H groups in total. The number of rotatable bonds is 3. The van der Waals surface area contributed by atoms with Crippen LogP contribution < -0.4 is 10.5 Å². The fourth-order valence-corrected chi connectivity index (χ4v) is 4.71. The largest absolute Gasteiger partial charge is 0.460 e. The van der Waals surface area contributed by atoms with Gasteiger partial charge in [0.15, 0.2) is 0 Å². The molecule has 1 aliphatic heterocycles. The lowest BCUT2D eigenvalue weighted by molar-refractivity contribution is -0.130. The second-order valence-corrected chi connectivity index (χ2v) is 8.64. The molecule has 5 rings (SSSR count). The Labute approximate surface area is 190 Å². The molecule has 0 aliphatic carbocycles. The summed E-state index contributed by atoms with van der Waals surface area (Å²) in [6.07, 6.45) is 3.42. The molecule has 170 valence electrons. The highest BCUT2D eigenvalue weighted by Crippen LogP contribution is 2.36. The van der Waals surface area contributed by atoms with E-state index in [1.54, 1.807) is 23.4 Å². The zero-order valence-electron chi connectivity index (χ0n) is 19.3. The van der Waals surface area contributed by atoms with Crippen LogP contribution in [0.3, 0.4) is 0 Å². The van der Waals surface area contributed by atoms with Crippen LogP contribution in [-0.4, -0.2) is 47.0 Å². The van der Waals surface area contributed by atoms with Crippen LogP contribution in [-0.2, 0) is 11.2 Å². The number of furan rings is 1. The van der Waals surface area contributed by atoms with Crippen LogP contribution in [0.25, 0.3) is 21.9 Å². The number of carbonyl (C=O) groups excluding carboxylic acids is 1. The molecule has 0 saturated carbocycles. The van der Waals surface area contributed by atoms with Crippen LogP contribution in [0.1, 0.15) is 28.0 Å². The van der Waals surface area contributed by atoms with E-state index in [2.05, 4.69) is 14.9 Å². The van der Waals surface area contributed by atoms with E-state index in [9.17, 15) is 9.59 Å². The van der Waals surface area contributed by atoms with Crippen LogP contribution in [0.15, 0.2) is 38.2 Å². The molecule has 1 aromatic carbocycles. The highest BCUT2D eigenvalue weighted by molar-refractivity contribution is 6.07. The minimum absolute atomic E-state index is 0.0000136. The molecule has 4 aromatic rings. The van der Waals surface area contributed by atoms with Crippen molar-refractivity contribution in [1.82, 2.24) is 14.9 Å². The highest BCUT2D eigenvalue weighted by Gasteiger charge is 2.26. The predicted molar refractivity (Wildman–Crippen MR) is 126 cm³/mol. The van der Waals surface area contributed by atoms with Gasteiger partial charge in [0.05, 0.1) is 17.4 Å². The first-order valence-electron chi connectivity index (χ1n) is 11.1. The molecule has 0 bridgehead atoms. The van der Waals surface area contributed by atoms with Crippen molar-refractivity contribution in [3.8, 4) is 0 Å². The highest BCUT2D eigenvalue weighted by atomic mass is 16.4. The van der Waals surface area contributed by atoms with E-state index in [1.165, 1.54) is 0 Å². The third-order valence-corrected chi connectivity index (χ3v) is 6.67. The summed E-state index contributed by atoms with van der Waals surface area (Å²) in [5, 5.41) is 1.80. The third-order valence-electron chi connectivity index (χ3n) is 6.67. The van der Waals surface area contributed by atoms with Crippen LogP contribution in [0.4, 0.5) is 5.95 Å². The number of piperazine rings is 1. The van der Waals surface area contributed by atoms with Gasteiger partial charge >= 0.3 is 5.63 Å². The van der Waals surface area contributed by atoms with Crippen molar-refractivity contribution in [3.63, 3.8) is 0 Å². The molecule has 0 radical (unpaired) electrons. The van der Waals surface area contributed by atoms with E-state index in [4.69, 9.17) is 8.83 Å². The molecule has 8 nitrogen and oxygen atoms in total. The van der Waals surface area contributed by atoms with Gasteiger partial charge in [0.2, 0.25) is 11.9 Å². The van der Waals surface area contributed by atoms with Gasteiger partial charge in [0, 0.05) is 44.0 Å². The summed E-state index contributed by atoms with van der Waals surface area (Å²) < 4.78 is 11.7. The van der Waals surface area contributed by atoms with E-state index >= 15 is 0 Å². The van der Waals surface area contributed by atoms with Crippen molar-refractivity contribution in [2.75, 3.05) is 31.1 Å². The molecule has 1 amide bonds. The number of carbonyl (C=O) groups is 1. The molecule has 4 heterocycles. The number of fused-ring (bicyclic) bond motifs is 3. The van der Waals surface area contributed by atoms with Gasteiger partial charge in [-0.3, -0.25) is 4.79 Å². The molecular weight excluding hydrogens is 420 g/mol. The van der Waals surface area contributed by atoms with E-state index in [0.717, 1.165) is 33.2 Å². The SMILES string of the molecule is Cc1oc2c(c(C)cc3oc(=O)c(CC(=O)N4CCN(c5ncccn5)CC4)c(C)c32)c1C. The van der Waals surface area contributed by atoms with E-state index in [-0.39, 0.29) is 12.3 Å². The average molecular weight is 447 g/mol. The van der Waals surface area contributed by atoms with E-state index in [0.29, 0.717) is 48.9 Å². The van der Waals surface area contributed by atoms with Gasteiger partial charge in [-0.1, -0.05) is 0 Å². The lowest BCUT2D eigenvalue weighted by Gasteiger charge is -2.34. The number of hydrogen-bond acceptors (Lipinski definition) is 7. The Hall–Kier alpha value is -3.68. The molecule has 33 heavy (non-hydrogen) atoms. The topological polar surface area (TPSA) is 92.7 Å². The Kier molecular flexibility index (Phi) is 5.15. The molecule has 0 unspecified atom stereocenters. The van der Waals surface area contributed by atoms with Gasteiger partial charge in [-0.2, -0.15) is 0 Å². The Morgan fingerprint density at radius 3 is 2.36 bits per heavy atom. The zero-order chi connectivity index (χ0) is 23.3. The van der Waals surface area contributed by atoms with E-state index in [1.807, 2.05) is 33.8 Å². The first kappa shape index (κ1) is 21.2. The summed E-state index contributed by atoms with van der Waals surface area (Å²) >= 11 is 0.